The third-order valence-electron chi connectivity index (χ3n) is 7.26. The van der Waals surface area contributed by atoms with Crippen molar-refractivity contribution >= 4 is 17.1 Å². The van der Waals surface area contributed by atoms with Crippen LogP contribution in [0.2, 0.25) is 0 Å². The van der Waals surface area contributed by atoms with Gasteiger partial charge >= 0.3 is 5.69 Å². The molecule has 1 atom stereocenters. The van der Waals surface area contributed by atoms with E-state index in [1.807, 2.05) is 27.7 Å². The molecule has 1 amide bonds. The van der Waals surface area contributed by atoms with Crippen LogP contribution in [0.5, 0.6) is 0 Å². The summed E-state index contributed by atoms with van der Waals surface area (Å²) >= 11 is 0. The van der Waals surface area contributed by atoms with Crippen molar-refractivity contribution in [3.05, 3.63) is 62.6 Å². The third-order valence-corrected chi connectivity index (χ3v) is 7.26. The number of carbonyl (C=O) groups is 1. The number of carbonyl (C=O) groups excluding carboxylic acids is 1. The minimum Gasteiger partial charge on any atom is -0.339 e. The van der Waals surface area contributed by atoms with E-state index in [0.29, 0.717) is 37.1 Å². The summed E-state index contributed by atoms with van der Waals surface area (Å²) in [6.07, 6.45) is 8.52. The SMILES string of the molecule is CCCCCn1c(CCC(=O)N2CCCC2Cc2ccccc2)nc2c1c(=O)[nH]c(=O)n2CCCC. The Kier molecular flexibility index (Phi) is 8.78. The molecule has 4 rings (SSSR count). The van der Waals surface area contributed by atoms with Gasteiger partial charge in [0.25, 0.3) is 5.56 Å². The first-order valence-electron chi connectivity index (χ1n) is 13.6. The van der Waals surface area contributed by atoms with Crippen molar-refractivity contribution in [1.82, 2.24) is 24.0 Å². The first kappa shape index (κ1) is 25.9. The molecule has 0 saturated carbocycles. The predicted molar refractivity (Wildman–Crippen MR) is 142 cm³/mol. The number of H-pyrrole nitrogens is 1. The molecular weight excluding hydrogens is 454 g/mol. The van der Waals surface area contributed by atoms with Crippen molar-refractivity contribution in [1.29, 1.82) is 0 Å². The van der Waals surface area contributed by atoms with Crippen LogP contribution in [0.15, 0.2) is 39.9 Å². The monoisotopic (exact) mass is 493 g/mol. The lowest BCUT2D eigenvalue weighted by atomic mass is 10.0. The summed E-state index contributed by atoms with van der Waals surface area (Å²) in [5, 5.41) is 0. The number of aromatic amines is 1. The zero-order valence-electron chi connectivity index (χ0n) is 21.7. The quantitative estimate of drug-likeness (QED) is 0.385. The highest BCUT2D eigenvalue weighted by atomic mass is 16.2. The molecule has 0 spiro atoms. The largest absolute Gasteiger partial charge is 0.339 e. The fourth-order valence-corrected chi connectivity index (χ4v) is 5.32. The number of imidazole rings is 1. The fraction of sp³-hybridized carbons (Fsp3) is 0.571. The molecule has 1 saturated heterocycles. The number of aryl methyl sites for hydroxylation is 3. The second-order valence-electron chi connectivity index (χ2n) is 9.90. The fourth-order valence-electron chi connectivity index (χ4n) is 5.32. The van der Waals surface area contributed by atoms with E-state index in [-0.39, 0.29) is 11.9 Å². The maximum Gasteiger partial charge on any atom is 0.330 e. The van der Waals surface area contributed by atoms with Crippen molar-refractivity contribution in [2.75, 3.05) is 6.54 Å². The van der Waals surface area contributed by atoms with Crippen LogP contribution in [0.1, 0.15) is 76.6 Å². The topological polar surface area (TPSA) is 93.0 Å². The highest BCUT2D eigenvalue weighted by molar-refractivity contribution is 5.77. The number of aromatic nitrogens is 4. The summed E-state index contributed by atoms with van der Waals surface area (Å²) in [7, 11) is 0. The molecule has 0 radical (unpaired) electrons. The number of benzene rings is 1. The Labute approximate surface area is 212 Å². The van der Waals surface area contributed by atoms with Crippen LogP contribution >= 0.6 is 0 Å². The van der Waals surface area contributed by atoms with E-state index >= 15 is 0 Å². The first-order valence-corrected chi connectivity index (χ1v) is 13.6. The Morgan fingerprint density at radius 3 is 2.53 bits per heavy atom. The molecule has 3 aromatic rings. The molecule has 2 aromatic heterocycles. The molecule has 8 heteroatoms. The highest BCUT2D eigenvalue weighted by Gasteiger charge is 2.29. The van der Waals surface area contributed by atoms with Crippen molar-refractivity contribution < 1.29 is 4.79 Å². The number of fused-ring (bicyclic) bond motifs is 1. The van der Waals surface area contributed by atoms with E-state index < -0.39 is 11.2 Å². The Hall–Kier alpha value is -3.16. The Morgan fingerprint density at radius 2 is 1.78 bits per heavy atom. The van der Waals surface area contributed by atoms with Crippen LogP contribution in [0.3, 0.4) is 0 Å². The molecular formula is C28H39N5O3. The molecule has 1 N–H and O–H groups in total. The molecule has 194 valence electrons. The third kappa shape index (κ3) is 5.79. The average Bonchev–Trinajstić information content (AvgIpc) is 3.48. The standard InChI is InChI=1S/C28H39N5O3/c1-3-5-10-18-32-23(29-26-25(32)27(35)30-28(36)33(26)17-6-4-2)15-16-24(34)31-19-11-14-22(31)20-21-12-8-7-9-13-21/h7-9,12-13,22H,3-6,10-11,14-20H2,1-2H3,(H,30,35,36). The molecule has 1 fully saturated rings. The van der Waals surface area contributed by atoms with Crippen LogP contribution in [0, 0.1) is 0 Å². The van der Waals surface area contributed by atoms with Gasteiger partial charge in [-0.25, -0.2) is 9.78 Å². The number of nitrogens with zero attached hydrogens (tertiary/aromatic N) is 4. The van der Waals surface area contributed by atoms with E-state index in [2.05, 4.69) is 31.0 Å². The van der Waals surface area contributed by atoms with Crippen LogP contribution in [0.25, 0.3) is 11.2 Å². The highest BCUT2D eigenvalue weighted by Crippen LogP contribution is 2.23. The van der Waals surface area contributed by atoms with Gasteiger partial charge in [-0.15, -0.1) is 0 Å². The zero-order chi connectivity index (χ0) is 25.5. The molecule has 1 unspecified atom stereocenters. The lowest BCUT2D eigenvalue weighted by Crippen LogP contribution is -2.37. The summed E-state index contributed by atoms with van der Waals surface area (Å²) in [4.78, 5) is 48.0. The van der Waals surface area contributed by atoms with E-state index in [9.17, 15) is 14.4 Å². The van der Waals surface area contributed by atoms with Gasteiger partial charge in [0, 0.05) is 38.5 Å². The molecule has 0 aliphatic carbocycles. The minimum atomic E-state index is -0.414. The maximum absolute atomic E-state index is 13.3. The molecule has 1 aliphatic heterocycles. The van der Waals surface area contributed by atoms with Crippen LogP contribution < -0.4 is 11.2 Å². The Morgan fingerprint density at radius 1 is 1.03 bits per heavy atom. The molecule has 1 aliphatic rings. The number of hydrogen-bond acceptors (Lipinski definition) is 4. The molecule has 0 bridgehead atoms. The maximum atomic E-state index is 13.3. The normalized spacial score (nSPS) is 15.7. The smallest absolute Gasteiger partial charge is 0.330 e. The van der Waals surface area contributed by atoms with Crippen molar-refractivity contribution in [3.63, 3.8) is 0 Å². The van der Waals surface area contributed by atoms with Crippen molar-refractivity contribution in [3.8, 4) is 0 Å². The van der Waals surface area contributed by atoms with Gasteiger partial charge in [-0.2, -0.15) is 0 Å². The van der Waals surface area contributed by atoms with Crippen LogP contribution in [0.4, 0.5) is 0 Å². The Balaban J connectivity index is 1.57. The second kappa shape index (κ2) is 12.2. The van der Waals surface area contributed by atoms with E-state index in [4.69, 9.17) is 4.98 Å². The molecule has 1 aromatic carbocycles. The summed E-state index contributed by atoms with van der Waals surface area (Å²) in [5.74, 6) is 0.854. The van der Waals surface area contributed by atoms with Gasteiger partial charge in [0.2, 0.25) is 5.91 Å². The molecule has 3 heterocycles. The lowest BCUT2D eigenvalue weighted by Gasteiger charge is -2.25. The number of likely N-dealkylation sites (tertiary alicyclic amines) is 1. The van der Waals surface area contributed by atoms with E-state index in [1.54, 1.807) is 4.57 Å². The number of amides is 1. The molecule has 36 heavy (non-hydrogen) atoms. The minimum absolute atomic E-state index is 0.137. The van der Waals surface area contributed by atoms with Gasteiger partial charge in [-0.05, 0) is 37.7 Å². The summed E-state index contributed by atoms with van der Waals surface area (Å²) in [5.41, 5.74) is 1.34. The van der Waals surface area contributed by atoms with Crippen molar-refractivity contribution in [2.24, 2.45) is 0 Å². The average molecular weight is 494 g/mol. The van der Waals surface area contributed by atoms with Gasteiger partial charge in [-0.3, -0.25) is 19.1 Å². The summed E-state index contributed by atoms with van der Waals surface area (Å²) < 4.78 is 3.53. The summed E-state index contributed by atoms with van der Waals surface area (Å²) in [6, 6.07) is 10.6. The van der Waals surface area contributed by atoms with Crippen LogP contribution in [-0.4, -0.2) is 42.5 Å². The van der Waals surface area contributed by atoms with Gasteiger partial charge in [0.05, 0.1) is 0 Å². The van der Waals surface area contributed by atoms with Crippen LogP contribution in [-0.2, 0) is 30.7 Å². The van der Waals surface area contributed by atoms with E-state index in [1.165, 1.54) is 5.56 Å². The Bertz CT molecular complexity index is 1270. The van der Waals surface area contributed by atoms with E-state index in [0.717, 1.165) is 63.7 Å². The summed E-state index contributed by atoms with van der Waals surface area (Å²) in [6.45, 7) is 6.17. The second-order valence-corrected chi connectivity index (χ2v) is 9.90. The lowest BCUT2D eigenvalue weighted by molar-refractivity contribution is -0.132. The predicted octanol–water partition coefficient (Wildman–Crippen LogP) is 4.04. The number of hydrogen-bond donors (Lipinski definition) is 1. The first-order chi connectivity index (χ1) is 17.5. The number of unbranched alkanes of at least 4 members (excludes halogenated alkanes) is 3. The van der Waals surface area contributed by atoms with Gasteiger partial charge in [-0.1, -0.05) is 63.4 Å². The van der Waals surface area contributed by atoms with Gasteiger partial charge in [0.15, 0.2) is 11.2 Å². The molecule has 8 nitrogen and oxygen atoms in total. The zero-order valence-corrected chi connectivity index (χ0v) is 21.7. The van der Waals surface area contributed by atoms with Crippen molar-refractivity contribution in [2.45, 2.75) is 97.2 Å². The van der Waals surface area contributed by atoms with Gasteiger partial charge < -0.3 is 9.47 Å². The number of rotatable bonds is 12. The van der Waals surface area contributed by atoms with Gasteiger partial charge in [0.1, 0.15) is 5.82 Å². The number of nitrogens with one attached hydrogen (secondary N) is 1.